The number of nitrogens with zero attached hydrogens (tertiary/aromatic N) is 1. The van der Waals surface area contributed by atoms with Crippen molar-refractivity contribution in [3.8, 4) is 0 Å². The summed E-state index contributed by atoms with van der Waals surface area (Å²) < 4.78 is 0. The second kappa shape index (κ2) is 5.40. The first-order chi connectivity index (χ1) is 10.1. The Morgan fingerprint density at radius 1 is 1.43 bits per heavy atom. The second-order valence-corrected chi connectivity index (χ2v) is 6.24. The van der Waals surface area contributed by atoms with Crippen molar-refractivity contribution in [2.24, 2.45) is 0 Å². The highest BCUT2D eigenvalue weighted by molar-refractivity contribution is 7.99. The number of benzene rings is 1. The number of amides is 1. The molecular formula is C14H15N3O3S. The minimum atomic E-state index is -1.13. The van der Waals surface area contributed by atoms with Crippen molar-refractivity contribution in [2.75, 3.05) is 11.5 Å². The topological polar surface area (TPSA) is 95.1 Å². The number of hydrogen-bond donors (Lipinski definition) is 3. The molecule has 1 atom stereocenters. The molecule has 1 aromatic heterocycles. The quantitative estimate of drug-likeness (QED) is 0.788. The Hall–Kier alpha value is -2.02. The Morgan fingerprint density at radius 3 is 2.95 bits per heavy atom. The third kappa shape index (κ3) is 2.61. The lowest BCUT2D eigenvalue weighted by atomic mass is 9.99. The number of H-pyrrole nitrogens is 1. The van der Waals surface area contributed by atoms with E-state index in [0.717, 1.165) is 16.7 Å². The van der Waals surface area contributed by atoms with Gasteiger partial charge in [-0.25, -0.2) is 4.79 Å². The van der Waals surface area contributed by atoms with Gasteiger partial charge in [-0.2, -0.15) is 16.9 Å². The van der Waals surface area contributed by atoms with E-state index in [2.05, 4.69) is 15.5 Å². The number of carboxylic acids is 1. The summed E-state index contributed by atoms with van der Waals surface area (Å²) in [5, 5.41) is 19.9. The zero-order chi connectivity index (χ0) is 14.9. The maximum absolute atomic E-state index is 12.2. The molecule has 0 bridgehead atoms. The molecule has 2 heterocycles. The predicted octanol–water partition coefficient (Wildman–Crippen LogP) is 1.18. The maximum atomic E-state index is 12.2. The highest BCUT2D eigenvalue weighted by Gasteiger charge is 2.43. The third-order valence-corrected chi connectivity index (χ3v) is 4.88. The van der Waals surface area contributed by atoms with Gasteiger partial charge in [0.05, 0.1) is 17.6 Å². The van der Waals surface area contributed by atoms with Crippen LogP contribution in [-0.4, -0.2) is 44.2 Å². The van der Waals surface area contributed by atoms with Crippen LogP contribution in [0, 0.1) is 0 Å². The van der Waals surface area contributed by atoms with Crippen LogP contribution < -0.4 is 5.32 Å². The van der Waals surface area contributed by atoms with Crippen molar-refractivity contribution in [3.05, 3.63) is 30.0 Å². The Balaban J connectivity index is 1.76. The maximum Gasteiger partial charge on any atom is 0.330 e. The smallest absolute Gasteiger partial charge is 0.330 e. The summed E-state index contributed by atoms with van der Waals surface area (Å²) in [5.74, 6) is -0.0956. The predicted molar refractivity (Wildman–Crippen MR) is 80.2 cm³/mol. The normalized spacial score (nSPS) is 21.5. The van der Waals surface area contributed by atoms with Crippen molar-refractivity contribution in [3.63, 3.8) is 0 Å². The van der Waals surface area contributed by atoms with Gasteiger partial charge in [-0.05, 0) is 18.2 Å². The van der Waals surface area contributed by atoms with Crippen LogP contribution in [0.2, 0.25) is 0 Å². The molecule has 1 saturated heterocycles. The van der Waals surface area contributed by atoms with Crippen molar-refractivity contribution in [1.82, 2.24) is 15.5 Å². The number of thioether (sulfide) groups is 1. The number of fused-ring (bicyclic) bond motifs is 1. The van der Waals surface area contributed by atoms with E-state index in [1.54, 1.807) is 11.8 Å². The summed E-state index contributed by atoms with van der Waals surface area (Å²) in [5.41, 5.74) is 0.372. The van der Waals surface area contributed by atoms with E-state index in [1.807, 2.05) is 24.3 Å². The van der Waals surface area contributed by atoms with Gasteiger partial charge in [-0.15, -0.1) is 0 Å². The highest BCUT2D eigenvalue weighted by Crippen LogP contribution is 2.28. The van der Waals surface area contributed by atoms with Crippen LogP contribution in [0.25, 0.3) is 10.9 Å². The first-order valence-electron chi connectivity index (χ1n) is 6.65. The molecule has 7 heteroatoms. The molecule has 1 fully saturated rings. The fourth-order valence-electron chi connectivity index (χ4n) is 2.51. The van der Waals surface area contributed by atoms with Gasteiger partial charge in [-0.3, -0.25) is 9.89 Å². The molecule has 3 rings (SSSR count). The van der Waals surface area contributed by atoms with E-state index in [-0.39, 0.29) is 12.3 Å². The molecule has 1 aliphatic heterocycles. The van der Waals surface area contributed by atoms with Crippen LogP contribution in [-0.2, 0) is 16.0 Å². The number of carbonyl (C=O) groups is 2. The van der Waals surface area contributed by atoms with E-state index >= 15 is 0 Å². The Labute approximate surface area is 125 Å². The molecule has 0 radical (unpaired) electrons. The minimum absolute atomic E-state index is 0.0974. The van der Waals surface area contributed by atoms with E-state index < -0.39 is 11.5 Å². The molecule has 1 amide bonds. The van der Waals surface area contributed by atoms with Gasteiger partial charge < -0.3 is 10.4 Å². The number of nitrogens with one attached hydrogen (secondary N) is 2. The molecule has 1 unspecified atom stereocenters. The number of aromatic nitrogens is 2. The van der Waals surface area contributed by atoms with Gasteiger partial charge in [-0.1, -0.05) is 18.2 Å². The van der Waals surface area contributed by atoms with Crippen LogP contribution >= 0.6 is 11.8 Å². The van der Waals surface area contributed by atoms with E-state index in [0.29, 0.717) is 17.9 Å². The van der Waals surface area contributed by atoms with Crippen LogP contribution in [0.1, 0.15) is 12.1 Å². The molecule has 2 aromatic rings. The van der Waals surface area contributed by atoms with Crippen LogP contribution in [0.15, 0.2) is 24.3 Å². The molecule has 3 N–H and O–H groups in total. The Bertz CT molecular complexity index is 692. The fraction of sp³-hybridized carbons (Fsp3) is 0.357. The largest absolute Gasteiger partial charge is 0.479 e. The number of carboxylic acid groups (broad SMARTS) is 1. The van der Waals surface area contributed by atoms with Gasteiger partial charge >= 0.3 is 5.97 Å². The molecule has 6 nitrogen and oxygen atoms in total. The van der Waals surface area contributed by atoms with Gasteiger partial charge in [0.2, 0.25) is 5.91 Å². The Kier molecular flexibility index (Phi) is 3.59. The van der Waals surface area contributed by atoms with E-state index in [1.165, 1.54) is 0 Å². The lowest BCUT2D eigenvalue weighted by molar-refractivity contribution is -0.146. The third-order valence-electron chi connectivity index (χ3n) is 3.69. The average molecular weight is 305 g/mol. The molecular weight excluding hydrogens is 290 g/mol. The first-order valence-corrected chi connectivity index (χ1v) is 7.80. The van der Waals surface area contributed by atoms with Crippen molar-refractivity contribution in [1.29, 1.82) is 0 Å². The van der Waals surface area contributed by atoms with Crippen LogP contribution in [0.4, 0.5) is 0 Å². The van der Waals surface area contributed by atoms with Gasteiger partial charge in [0.25, 0.3) is 0 Å². The molecule has 1 aliphatic rings. The zero-order valence-electron chi connectivity index (χ0n) is 11.3. The number of carbonyl (C=O) groups excluding carboxylic acids is 1. The summed E-state index contributed by atoms with van der Waals surface area (Å²) in [6, 6.07) is 7.51. The summed E-state index contributed by atoms with van der Waals surface area (Å²) in [7, 11) is 0. The molecule has 0 saturated carbocycles. The van der Waals surface area contributed by atoms with Crippen LogP contribution in [0.3, 0.4) is 0 Å². The number of hydrogen-bond acceptors (Lipinski definition) is 4. The first kappa shape index (κ1) is 13.9. The lowest BCUT2D eigenvalue weighted by Gasteiger charge is -2.24. The summed E-state index contributed by atoms with van der Waals surface area (Å²) >= 11 is 1.55. The minimum Gasteiger partial charge on any atom is -0.479 e. The Morgan fingerprint density at radius 2 is 2.24 bits per heavy atom. The second-order valence-electron chi connectivity index (χ2n) is 5.13. The van der Waals surface area contributed by atoms with E-state index in [9.17, 15) is 14.7 Å². The van der Waals surface area contributed by atoms with Crippen molar-refractivity contribution >= 4 is 34.5 Å². The summed E-state index contributed by atoms with van der Waals surface area (Å²) in [4.78, 5) is 23.6. The van der Waals surface area contributed by atoms with E-state index in [4.69, 9.17) is 0 Å². The van der Waals surface area contributed by atoms with Gasteiger partial charge in [0, 0.05) is 11.1 Å². The van der Waals surface area contributed by atoms with Crippen molar-refractivity contribution in [2.45, 2.75) is 18.4 Å². The summed E-state index contributed by atoms with van der Waals surface area (Å²) in [6.45, 7) is 0. The molecule has 21 heavy (non-hydrogen) atoms. The number of rotatable bonds is 4. The fourth-order valence-corrected chi connectivity index (χ4v) is 3.83. The monoisotopic (exact) mass is 305 g/mol. The van der Waals surface area contributed by atoms with Gasteiger partial charge in [0.15, 0.2) is 0 Å². The molecule has 0 spiro atoms. The molecule has 110 valence electrons. The van der Waals surface area contributed by atoms with Crippen molar-refractivity contribution < 1.29 is 14.7 Å². The average Bonchev–Trinajstić information content (AvgIpc) is 3.08. The summed E-state index contributed by atoms with van der Waals surface area (Å²) in [6.07, 6.45) is 0.558. The highest BCUT2D eigenvalue weighted by atomic mass is 32.2. The SMILES string of the molecule is O=C(Cc1[nH]nc2ccccc12)NC1(C(=O)O)CCSC1. The molecule has 0 aliphatic carbocycles. The number of aromatic amines is 1. The zero-order valence-corrected chi connectivity index (χ0v) is 12.1. The lowest BCUT2D eigenvalue weighted by Crippen LogP contribution is -2.55. The standard InChI is InChI=1S/C14H15N3O3S/c18-12(15-14(13(19)20)5-6-21-8-14)7-11-9-3-1-2-4-10(9)16-17-11/h1-4H,5-8H2,(H,15,18)(H,16,17)(H,19,20). The van der Waals surface area contributed by atoms with Gasteiger partial charge in [0.1, 0.15) is 5.54 Å². The molecule has 1 aromatic carbocycles. The number of para-hydroxylation sites is 1. The van der Waals surface area contributed by atoms with Crippen LogP contribution in [0.5, 0.6) is 0 Å². The number of aliphatic carboxylic acids is 1.